The van der Waals surface area contributed by atoms with Gasteiger partial charge in [0.25, 0.3) is 5.56 Å². The van der Waals surface area contributed by atoms with Crippen LogP contribution in [0, 0.1) is 0 Å². The van der Waals surface area contributed by atoms with Crippen LogP contribution < -0.4 is 10.9 Å². The Hall–Kier alpha value is -1.68. The predicted molar refractivity (Wildman–Crippen MR) is 64.4 cm³/mol. The summed E-state index contributed by atoms with van der Waals surface area (Å²) in [6.07, 6.45) is 1.07. The third-order valence-corrected chi connectivity index (χ3v) is 2.38. The molecule has 4 heteroatoms. The molecule has 0 aliphatic carbocycles. The summed E-state index contributed by atoms with van der Waals surface area (Å²) in [6, 6.07) is 7.37. The number of hydrogen-bond donors (Lipinski definition) is 2. The van der Waals surface area contributed by atoms with Crippen LogP contribution in [-0.4, -0.2) is 16.5 Å². The van der Waals surface area contributed by atoms with E-state index in [1.807, 2.05) is 18.2 Å². The van der Waals surface area contributed by atoms with Crippen LogP contribution in [0.5, 0.6) is 0 Å². The minimum atomic E-state index is -0.0705. The summed E-state index contributed by atoms with van der Waals surface area (Å²) in [5, 5.41) is 3.85. The average Bonchev–Trinajstić information content (AvgIpc) is 2.30. The fraction of sp³-hybridized carbons (Fsp3) is 0.333. The summed E-state index contributed by atoms with van der Waals surface area (Å²) in [6.45, 7) is 3.63. The second-order valence-corrected chi connectivity index (χ2v) is 3.71. The highest BCUT2D eigenvalue weighted by Gasteiger charge is 2.01. The van der Waals surface area contributed by atoms with Crippen LogP contribution in [0.1, 0.15) is 19.2 Å². The maximum atomic E-state index is 11.7. The van der Waals surface area contributed by atoms with Gasteiger partial charge in [0, 0.05) is 0 Å². The van der Waals surface area contributed by atoms with Crippen molar-refractivity contribution in [2.45, 2.75) is 19.9 Å². The molecule has 0 spiro atoms. The van der Waals surface area contributed by atoms with Crippen molar-refractivity contribution in [1.29, 1.82) is 0 Å². The predicted octanol–water partition coefficient (Wildman–Crippen LogP) is 1.42. The highest BCUT2D eigenvalue weighted by atomic mass is 16.1. The Balaban J connectivity index is 2.31. The Kier molecular flexibility index (Phi) is 3.31. The van der Waals surface area contributed by atoms with Gasteiger partial charge in [-0.3, -0.25) is 4.79 Å². The molecule has 0 bridgehead atoms. The lowest BCUT2D eigenvalue weighted by Gasteiger charge is -2.03. The molecule has 0 radical (unpaired) electrons. The first kappa shape index (κ1) is 10.8. The number of benzene rings is 1. The molecule has 0 aliphatic heterocycles. The second kappa shape index (κ2) is 4.90. The molecule has 0 saturated heterocycles. The molecule has 2 aromatic rings. The number of rotatable bonds is 4. The number of aromatic nitrogens is 2. The van der Waals surface area contributed by atoms with E-state index in [-0.39, 0.29) is 5.56 Å². The summed E-state index contributed by atoms with van der Waals surface area (Å²) in [7, 11) is 0. The minimum absolute atomic E-state index is 0.0705. The van der Waals surface area contributed by atoms with Crippen LogP contribution >= 0.6 is 0 Å². The monoisotopic (exact) mass is 217 g/mol. The number of H-pyrrole nitrogens is 1. The van der Waals surface area contributed by atoms with Crippen LogP contribution in [-0.2, 0) is 6.54 Å². The van der Waals surface area contributed by atoms with E-state index in [0.29, 0.717) is 17.8 Å². The van der Waals surface area contributed by atoms with Gasteiger partial charge in [-0.25, -0.2) is 4.98 Å². The maximum absolute atomic E-state index is 11.7. The smallest absolute Gasteiger partial charge is 0.258 e. The molecule has 2 N–H and O–H groups in total. The highest BCUT2D eigenvalue weighted by Crippen LogP contribution is 2.05. The molecular formula is C12H15N3O. The van der Waals surface area contributed by atoms with Crippen LogP contribution in [0.2, 0.25) is 0 Å². The first-order chi connectivity index (χ1) is 7.81. The van der Waals surface area contributed by atoms with Gasteiger partial charge < -0.3 is 10.3 Å². The molecule has 0 amide bonds. The summed E-state index contributed by atoms with van der Waals surface area (Å²) in [5.41, 5.74) is 0.679. The van der Waals surface area contributed by atoms with Crippen molar-refractivity contribution in [1.82, 2.24) is 15.3 Å². The fourth-order valence-corrected chi connectivity index (χ4v) is 1.60. The zero-order chi connectivity index (χ0) is 11.4. The van der Waals surface area contributed by atoms with Crippen molar-refractivity contribution < 1.29 is 0 Å². The Morgan fingerprint density at radius 1 is 1.38 bits per heavy atom. The maximum Gasteiger partial charge on any atom is 0.258 e. The molecule has 0 saturated carbocycles. The molecule has 1 heterocycles. The standard InChI is InChI=1S/C12H15N3O/c1-2-7-13-8-11-14-10-6-4-3-5-9(10)12(16)15-11/h3-6,13H,2,7-8H2,1H3,(H,14,15,16). The summed E-state index contributed by atoms with van der Waals surface area (Å²) >= 11 is 0. The largest absolute Gasteiger partial charge is 0.310 e. The van der Waals surface area contributed by atoms with Crippen molar-refractivity contribution >= 4 is 10.9 Å². The van der Waals surface area contributed by atoms with Crippen molar-refractivity contribution in [3.05, 3.63) is 40.4 Å². The van der Waals surface area contributed by atoms with Gasteiger partial charge >= 0.3 is 0 Å². The lowest BCUT2D eigenvalue weighted by molar-refractivity contribution is 0.651. The van der Waals surface area contributed by atoms with Gasteiger partial charge in [0.2, 0.25) is 0 Å². The van der Waals surface area contributed by atoms with Gasteiger partial charge in [-0.2, -0.15) is 0 Å². The topological polar surface area (TPSA) is 57.8 Å². The summed E-state index contributed by atoms with van der Waals surface area (Å²) < 4.78 is 0. The molecule has 0 unspecified atom stereocenters. The third kappa shape index (κ3) is 2.28. The molecule has 0 fully saturated rings. The number of nitrogens with zero attached hydrogens (tertiary/aromatic N) is 1. The molecular weight excluding hydrogens is 202 g/mol. The van der Waals surface area contributed by atoms with E-state index >= 15 is 0 Å². The SMILES string of the molecule is CCCNCc1nc2ccccc2c(=O)[nH]1. The normalized spacial score (nSPS) is 10.8. The Morgan fingerprint density at radius 2 is 2.19 bits per heavy atom. The van der Waals surface area contributed by atoms with E-state index in [9.17, 15) is 4.79 Å². The molecule has 0 aliphatic rings. The van der Waals surface area contributed by atoms with Gasteiger partial charge in [0.15, 0.2) is 0 Å². The molecule has 2 rings (SSSR count). The lowest BCUT2D eigenvalue weighted by atomic mass is 10.2. The van der Waals surface area contributed by atoms with Crippen LogP contribution in [0.3, 0.4) is 0 Å². The summed E-state index contributed by atoms with van der Waals surface area (Å²) in [4.78, 5) is 18.9. The molecule has 1 aromatic heterocycles. The van der Waals surface area contributed by atoms with Crippen LogP contribution in [0.25, 0.3) is 10.9 Å². The first-order valence-electron chi connectivity index (χ1n) is 5.50. The van der Waals surface area contributed by atoms with Crippen molar-refractivity contribution in [2.75, 3.05) is 6.54 Å². The Labute approximate surface area is 93.7 Å². The number of fused-ring (bicyclic) bond motifs is 1. The molecule has 84 valence electrons. The minimum Gasteiger partial charge on any atom is -0.310 e. The first-order valence-corrected chi connectivity index (χ1v) is 5.50. The lowest BCUT2D eigenvalue weighted by Crippen LogP contribution is -2.19. The second-order valence-electron chi connectivity index (χ2n) is 3.71. The average molecular weight is 217 g/mol. The van der Waals surface area contributed by atoms with Gasteiger partial charge in [-0.1, -0.05) is 19.1 Å². The quantitative estimate of drug-likeness (QED) is 0.761. The van der Waals surface area contributed by atoms with Crippen molar-refractivity contribution in [3.8, 4) is 0 Å². The molecule has 4 nitrogen and oxygen atoms in total. The van der Waals surface area contributed by atoms with E-state index < -0.39 is 0 Å². The number of hydrogen-bond acceptors (Lipinski definition) is 3. The van der Waals surface area contributed by atoms with Crippen molar-refractivity contribution in [3.63, 3.8) is 0 Å². The van der Waals surface area contributed by atoms with Gasteiger partial charge in [-0.15, -0.1) is 0 Å². The van der Waals surface area contributed by atoms with E-state index in [0.717, 1.165) is 18.5 Å². The number of nitrogens with one attached hydrogen (secondary N) is 2. The molecule has 0 atom stereocenters. The van der Waals surface area contributed by atoms with Crippen molar-refractivity contribution in [2.24, 2.45) is 0 Å². The van der Waals surface area contributed by atoms with E-state index in [2.05, 4.69) is 22.2 Å². The van der Waals surface area contributed by atoms with Gasteiger partial charge in [0.05, 0.1) is 17.4 Å². The zero-order valence-electron chi connectivity index (χ0n) is 9.29. The fourth-order valence-electron chi connectivity index (χ4n) is 1.60. The number of para-hydroxylation sites is 1. The Morgan fingerprint density at radius 3 is 3.00 bits per heavy atom. The van der Waals surface area contributed by atoms with Crippen LogP contribution in [0.4, 0.5) is 0 Å². The zero-order valence-corrected chi connectivity index (χ0v) is 9.29. The Bertz CT molecular complexity index is 533. The van der Waals surface area contributed by atoms with E-state index in [1.165, 1.54) is 0 Å². The number of aromatic amines is 1. The van der Waals surface area contributed by atoms with Gasteiger partial charge in [0.1, 0.15) is 5.82 Å². The third-order valence-electron chi connectivity index (χ3n) is 2.38. The van der Waals surface area contributed by atoms with E-state index in [1.54, 1.807) is 6.07 Å². The molecule has 16 heavy (non-hydrogen) atoms. The van der Waals surface area contributed by atoms with E-state index in [4.69, 9.17) is 0 Å². The summed E-state index contributed by atoms with van der Waals surface area (Å²) in [5.74, 6) is 0.692. The van der Waals surface area contributed by atoms with Gasteiger partial charge in [-0.05, 0) is 25.1 Å². The molecule has 1 aromatic carbocycles. The highest BCUT2D eigenvalue weighted by molar-refractivity contribution is 5.77. The van der Waals surface area contributed by atoms with Crippen LogP contribution in [0.15, 0.2) is 29.1 Å².